The second-order valence-corrected chi connectivity index (χ2v) is 12.0. The fourth-order valence-electron chi connectivity index (χ4n) is 4.49. The largest absolute Gasteiger partial charge is 0.493 e. The van der Waals surface area contributed by atoms with E-state index in [9.17, 15) is 9.59 Å². The minimum atomic E-state index is -0.600. The lowest BCUT2D eigenvalue weighted by Gasteiger charge is -2.29. The van der Waals surface area contributed by atoms with Crippen molar-refractivity contribution in [1.82, 2.24) is 4.90 Å². The van der Waals surface area contributed by atoms with Gasteiger partial charge in [-0.1, -0.05) is 78.6 Å². The standard InChI is InChI=1S/C26H21Cl2NO4S3/c1-32-18-12-14(13-20-24(30)29(26(34)36-20)15-6-3-2-4-7-15)10-11-17(18)33-25(31)23-22(28)21-16(27)8-5-9-19(21)35-23/h5,8-13,15H,2-4,6-7H2,1H3. The Bertz CT molecular complexity index is 1410. The van der Waals surface area contributed by atoms with Crippen LogP contribution in [0, 0.1) is 0 Å². The smallest absolute Gasteiger partial charge is 0.355 e. The summed E-state index contributed by atoms with van der Waals surface area (Å²) >= 11 is 20.8. The molecule has 0 atom stereocenters. The van der Waals surface area contributed by atoms with Crippen LogP contribution in [0.15, 0.2) is 41.3 Å². The minimum Gasteiger partial charge on any atom is -0.493 e. The van der Waals surface area contributed by atoms with Crippen LogP contribution in [-0.2, 0) is 4.79 Å². The molecule has 0 N–H and O–H groups in total. The van der Waals surface area contributed by atoms with Crippen molar-refractivity contribution in [3.63, 3.8) is 0 Å². The first-order valence-corrected chi connectivity index (χ1v) is 14.2. The number of halogens is 2. The lowest BCUT2D eigenvalue weighted by molar-refractivity contribution is -0.124. The zero-order chi connectivity index (χ0) is 25.4. The van der Waals surface area contributed by atoms with Crippen LogP contribution < -0.4 is 9.47 Å². The maximum Gasteiger partial charge on any atom is 0.355 e. The number of hydrogen-bond acceptors (Lipinski definition) is 7. The number of rotatable bonds is 5. The number of methoxy groups -OCH3 is 1. The molecule has 0 spiro atoms. The zero-order valence-corrected chi connectivity index (χ0v) is 23.2. The zero-order valence-electron chi connectivity index (χ0n) is 19.2. The number of thiophene rings is 1. The molecule has 1 amide bonds. The summed E-state index contributed by atoms with van der Waals surface area (Å²) in [5.41, 5.74) is 0.738. The normalized spacial score (nSPS) is 17.9. The molecule has 2 aromatic carbocycles. The van der Waals surface area contributed by atoms with Gasteiger partial charge in [-0.05, 0) is 48.7 Å². The number of ether oxygens (including phenoxy) is 2. The van der Waals surface area contributed by atoms with E-state index in [1.165, 1.54) is 36.6 Å². The summed E-state index contributed by atoms with van der Waals surface area (Å²) in [4.78, 5) is 28.7. The SMILES string of the molecule is COc1cc(C=C2SC(=S)N(C3CCCCC3)C2=O)ccc1OC(=O)c1sc2cccc(Cl)c2c1Cl. The highest BCUT2D eigenvalue weighted by Crippen LogP contribution is 2.41. The van der Waals surface area contributed by atoms with Crippen LogP contribution in [0.2, 0.25) is 10.0 Å². The number of benzene rings is 2. The van der Waals surface area contributed by atoms with Gasteiger partial charge in [0.25, 0.3) is 5.91 Å². The van der Waals surface area contributed by atoms with Crippen molar-refractivity contribution < 1.29 is 19.1 Å². The number of amides is 1. The van der Waals surface area contributed by atoms with E-state index >= 15 is 0 Å². The first-order valence-electron chi connectivity index (χ1n) is 11.4. The van der Waals surface area contributed by atoms with Crippen LogP contribution >= 0.6 is 58.5 Å². The van der Waals surface area contributed by atoms with Crippen LogP contribution in [0.25, 0.3) is 16.2 Å². The van der Waals surface area contributed by atoms with Gasteiger partial charge in [0.1, 0.15) is 9.20 Å². The Morgan fingerprint density at radius 1 is 1.14 bits per heavy atom. The van der Waals surface area contributed by atoms with Gasteiger partial charge in [-0.3, -0.25) is 9.69 Å². The van der Waals surface area contributed by atoms with Gasteiger partial charge in [0.15, 0.2) is 11.5 Å². The lowest BCUT2D eigenvalue weighted by Crippen LogP contribution is -2.39. The molecule has 0 unspecified atom stereocenters. The third-order valence-electron chi connectivity index (χ3n) is 6.24. The van der Waals surface area contributed by atoms with Gasteiger partial charge >= 0.3 is 5.97 Å². The molecular formula is C26H21Cl2NO4S3. The Morgan fingerprint density at radius 2 is 1.92 bits per heavy atom. The molecule has 0 radical (unpaired) electrons. The third-order valence-corrected chi connectivity index (χ3v) is 9.51. The molecular weight excluding hydrogens is 557 g/mol. The number of fused-ring (bicyclic) bond motifs is 1. The van der Waals surface area contributed by atoms with E-state index in [4.69, 9.17) is 44.9 Å². The van der Waals surface area contributed by atoms with Gasteiger partial charge in [-0.2, -0.15) is 0 Å². The average Bonchev–Trinajstić information content (AvgIpc) is 3.36. The summed E-state index contributed by atoms with van der Waals surface area (Å²) in [6, 6.07) is 10.7. The molecule has 3 aromatic rings. The fraction of sp³-hybridized carbons (Fsp3) is 0.269. The summed E-state index contributed by atoms with van der Waals surface area (Å²) in [7, 11) is 1.49. The van der Waals surface area contributed by atoms with Crippen molar-refractivity contribution in [3.8, 4) is 11.5 Å². The van der Waals surface area contributed by atoms with Gasteiger partial charge < -0.3 is 9.47 Å². The Hall–Kier alpha value is -2.10. The Balaban J connectivity index is 1.37. The summed E-state index contributed by atoms with van der Waals surface area (Å²) in [5.74, 6) is -0.0507. The molecule has 36 heavy (non-hydrogen) atoms. The van der Waals surface area contributed by atoms with E-state index in [2.05, 4.69) is 0 Å². The first-order chi connectivity index (χ1) is 17.4. The van der Waals surface area contributed by atoms with Crippen LogP contribution in [0.1, 0.15) is 47.3 Å². The van der Waals surface area contributed by atoms with Gasteiger partial charge in [-0.25, -0.2) is 4.79 Å². The van der Waals surface area contributed by atoms with Crippen molar-refractivity contribution in [2.45, 2.75) is 38.1 Å². The van der Waals surface area contributed by atoms with Crippen LogP contribution in [0.4, 0.5) is 0 Å². The molecule has 1 aromatic heterocycles. The molecule has 1 aliphatic carbocycles. The highest BCUT2D eigenvalue weighted by atomic mass is 35.5. The molecule has 5 nitrogen and oxygen atoms in total. The van der Waals surface area contributed by atoms with Crippen molar-refractivity contribution in [1.29, 1.82) is 0 Å². The molecule has 5 rings (SSSR count). The number of carbonyl (C=O) groups is 2. The predicted molar refractivity (Wildman–Crippen MR) is 152 cm³/mol. The minimum absolute atomic E-state index is 0.0514. The highest BCUT2D eigenvalue weighted by molar-refractivity contribution is 8.26. The third kappa shape index (κ3) is 4.89. The van der Waals surface area contributed by atoms with E-state index in [0.717, 1.165) is 35.9 Å². The topological polar surface area (TPSA) is 55.8 Å². The average molecular weight is 579 g/mol. The van der Waals surface area contributed by atoms with E-state index in [-0.39, 0.29) is 27.6 Å². The highest BCUT2D eigenvalue weighted by Gasteiger charge is 2.37. The number of carbonyl (C=O) groups excluding carboxylic acids is 2. The quantitative estimate of drug-likeness (QED) is 0.133. The first kappa shape index (κ1) is 25.5. The van der Waals surface area contributed by atoms with E-state index in [1.54, 1.807) is 41.3 Å². The van der Waals surface area contributed by atoms with Crippen molar-refractivity contribution >= 4 is 90.9 Å². The Morgan fingerprint density at radius 3 is 2.64 bits per heavy atom. The lowest BCUT2D eigenvalue weighted by atomic mass is 9.94. The summed E-state index contributed by atoms with van der Waals surface area (Å²) in [6.07, 6.45) is 7.23. The van der Waals surface area contributed by atoms with Crippen LogP contribution in [-0.4, -0.2) is 34.2 Å². The van der Waals surface area contributed by atoms with Gasteiger partial charge in [0.2, 0.25) is 0 Å². The maximum absolute atomic E-state index is 13.1. The number of thiocarbonyl (C=S) groups is 1. The molecule has 2 heterocycles. The Kier molecular flexibility index (Phi) is 7.60. The van der Waals surface area contributed by atoms with E-state index in [0.29, 0.717) is 25.4 Å². The Labute approximate surface area is 232 Å². The number of thioether (sulfide) groups is 1. The van der Waals surface area contributed by atoms with Gasteiger partial charge in [0.05, 0.1) is 22.1 Å². The summed E-state index contributed by atoms with van der Waals surface area (Å²) < 4.78 is 12.5. The molecule has 1 aliphatic heterocycles. The van der Waals surface area contributed by atoms with Gasteiger partial charge in [0, 0.05) is 16.1 Å². The molecule has 10 heteroatoms. The molecule has 186 valence electrons. The van der Waals surface area contributed by atoms with E-state index in [1.807, 2.05) is 6.07 Å². The monoisotopic (exact) mass is 577 g/mol. The van der Waals surface area contributed by atoms with Crippen LogP contribution in [0.5, 0.6) is 11.5 Å². The van der Waals surface area contributed by atoms with Crippen molar-refractivity contribution in [3.05, 3.63) is 61.8 Å². The van der Waals surface area contributed by atoms with Crippen LogP contribution in [0.3, 0.4) is 0 Å². The molecule has 0 bridgehead atoms. The molecule has 1 saturated heterocycles. The molecule has 1 saturated carbocycles. The summed E-state index contributed by atoms with van der Waals surface area (Å²) in [5, 5.41) is 1.37. The summed E-state index contributed by atoms with van der Waals surface area (Å²) in [6.45, 7) is 0. The number of hydrogen-bond donors (Lipinski definition) is 0. The molecule has 2 fully saturated rings. The van der Waals surface area contributed by atoms with Crippen molar-refractivity contribution in [2.24, 2.45) is 0 Å². The predicted octanol–water partition coefficient (Wildman–Crippen LogP) is 7.97. The number of nitrogens with zero attached hydrogens (tertiary/aromatic N) is 1. The number of esters is 1. The van der Waals surface area contributed by atoms with Gasteiger partial charge in [-0.15, -0.1) is 11.3 Å². The molecule has 2 aliphatic rings. The second kappa shape index (κ2) is 10.7. The fourth-order valence-corrected chi connectivity index (χ4v) is 7.72. The van der Waals surface area contributed by atoms with E-state index < -0.39 is 5.97 Å². The second-order valence-electron chi connectivity index (χ2n) is 8.50. The maximum atomic E-state index is 13.1. The van der Waals surface area contributed by atoms with Crippen molar-refractivity contribution in [2.75, 3.05) is 7.11 Å².